The molecule has 0 amide bonds. The van der Waals surface area contributed by atoms with Crippen molar-refractivity contribution in [1.82, 2.24) is 0 Å². The van der Waals surface area contributed by atoms with E-state index in [2.05, 4.69) is 13.8 Å². The molecule has 4 aliphatic carbocycles. The topological polar surface area (TPSA) is 60.7 Å². The van der Waals surface area contributed by atoms with Crippen LogP contribution in [-0.4, -0.2) is 33.1 Å². The quantitative estimate of drug-likeness (QED) is 0.713. The van der Waals surface area contributed by atoms with E-state index < -0.39 is 17.8 Å². The van der Waals surface area contributed by atoms with Gasteiger partial charge < -0.3 is 15.3 Å². The van der Waals surface area contributed by atoms with E-state index in [0.717, 1.165) is 11.8 Å². The fourth-order valence-corrected chi connectivity index (χ4v) is 5.44. The summed E-state index contributed by atoms with van der Waals surface area (Å²) < 4.78 is 0. The van der Waals surface area contributed by atoms with E-state index in [1.54, 1.807) is 13.8 Å². The Morgan fingerprint density at radius 1 is 1.17 bits per heavy atom. The molecule has 0 aromatic heterocycles. The molecular weight excluding hydrogens is 228 g/mol. The van der Waals surface area contributed by atoms with Crippen LogP contribution in [-0.2, 0) is 0 Å². The number of hydrogen-bond donors (Lipinski definition) is 3. The molecule has 0 heterocycles. The van der Waals surface area contributed by atoms with Crippen molar-refractivity contribution in [3.05, 3.63) is 0 Å². The van der Waals surface area contributed by atoms with Crippen molar-refractivity contribution in [3.63, 3.8) is 0 Å². The highest BCUT2D eigenvalue weighted by molar-refractivity contribution is 5.29. The summed E-state index contributed by atoms with van der Waals surface area (Å²) in [5.74, 6) is 2.43. The molecule has 0 aromatic carbocycles. The van der Waals surface area contributed by atoms with Crippen molar-refractivity contribution in [2.24, 2.45) is 28.6 Å². The van der Waals surface area contributed by atoms with Gasteiger partial charge in [0, 0.05) is 0 Å². The van der Waals surface area contributed by atoms with Crippen molar-refractivity contribution in [2.75, 3.05) is 0 Å². The van der Waals surface area contributed by atoms with Gasteiger partial charge in [0.15, 0.2) is 0 Å². The molecule has 4 fully saturated rings. The minimum absolute atomic E-state index is 0.147. The van der Waals surface area contributed by atoms with Gasteiger partial charge in [0.2, 0.25) is 0 Å². The highest BCUT2D eigenvalue weighted by atomic mass is 16.4. The Morgan fingerprint density at radius 2 is 1.67 bits per heavy atom. The number of aliphatic hydroxyl groups is 3. The predicted octanol–water partition coefficient (Wildman–Crippen LogP) is 1.55. The molecule has 4 aliphatic rings. The summed E-state index contributed by atoms with van der Waals surface area (Å²) in [7, 11) is 0. The Balaban J connectivity index is 1.74. The standard InChI is InChI=1S/C15H26O3/c1-13(2,18)12(17)11(16)7-14(3)8-5-9-10(6-8)15(9,14)4/h8-12,16-18H,5-7H2,1-4H3. The van der Waals surface area contributed by atoms with Crippen LogP contribution in [0.4, 0.5) is 0 Å². The Morgan fingerprint density at radius 3 is 2.00 bits per heavy atom. The summed E-state index contributed by atoms with van der Waals surface area (Å²) in [5.41, 5.74) is -0.701. The highest BCUT2D eigenvalue weighted by Crippen LogP contribution is 2.87. The average molecular weight is 254 g/mol. The second-order valence-electron chi connectivity index (χ2n) is 7.95. The van der Waals surface area contributed by atoms with E-state index in [1.807, 2.05) is 0 Å². The fraction of sp³-hybridized carbons (Fsp3) is 1.00. The lowest BCUT2D eigenvalue weighted by Crippen LogP contribution is -2.47. The maximum Gasteiger partial charge on any atom is 0.108 e. The minimum atomic E-state index is -1.23. The number of hydrogen-bond acceptors (Lipinski definition) is 3. The molecule has 3 heteroatoms. The zero-order chi connectivity index (χ0) is 13.5. The Kier molecular flexibility index (Phi) is 2.37. The molecule has 4 saturated carbocycles. The molecule has 0 saturated heterocycles. The van der Waals surface area contributed by atoms with Gasteiger partial charge in [-0.3, -0.25) is 0 Å². The van der Waals surface area contributed by atoms with Gasteiger partial charge in [-0.25, -0.2) is 0 Å². The molecule has 3 N–H and O–H groups in total. The van der Waals surface area contributed by atoms with Crippen molar-refractivity contribution < 1.29 is 15.3 Å². The van der Waals surface area contributed by atoms with Gasteiger partial charge in [0.1, 0.15) is 6.10 Å². The Hall–Kier alpha value is -0.120. The molecular formula is C15H26O3. The molecule has 5 atom stereocenters. The molecule has 4 bridgehead atoms. The first kappa shape index (κ1) is 12.9. The Bertz CT molecular complexity index is 360. The third-order valence-corrected chi connectivity index (χ3v) is 6.85. The fourth-order valence-electron chi connectivity index (χ4n) is 5.44. The summed E-state index contributed by atoms with van der Waals surface area (Å²) >= 11 is 0. The lowest BCUT2D eigenvalue weighted by molar-refractivity contribution is -0.120. The molecule has 0 spiro atoms. The monoisotopic (exact) mass is 254 g/mol. The van der Waals surface area contributed by atoms with Crippen LogP contribution in [0.2, 0.25) is 0 Å². The van der Waals surface area contributed by atoms with Gasteiger partial charge in [-0.05, 0) is 61.7 Å². The second-order valence-corrected chi connectivity index (χ2v) is 7.95. The van der Waals surface area contributed by atoms with Crippen LogP contribution in [0, 0.1) is 28.6 Å². The van der Waals surface area contributed by atoms with Gasteiger partial charge in [-0.2, -0.15) is 0 Å². The van der Waals surface area contributed by atoms with Gasteiger partial charge in [-0.15, -0.1) is 0 Å². The van der Waals surface area contributed by atoms with Crippen LogP contribution in [0.1, 0.15) is 47.0 Å². The van der Waals surface area contributed by atoms with Crippen LogP contribution in [0.3, 0.4) is 0 Å². The summed E-state index contributed by atoms with van der Waals surface area (Å²) in [4.78, 5) is 0. The molecule has 0 aromatic rings. The van der Waals surface area contributed by atoms with Crippen molar-refractivity contribution in [3.8, 4) is 0 Å². The maximum absolute atomic E-state index is 10.3. The zero-order valence-corrected chi connectivity index (χ0v) is 11.8. The zero-order valence-electron chi connectivity index (χ0n) is 11.8. The van der Waals surface area contributed by atoms with Crippen molar-refractivity contribution in [2.45, 2.75) is 64.8 Å². The molecule has 5 unspecified atom stereocenters. The smallest absolute Gasteiger partial charge is 0.108 e. The highest BCUT2D eigenvalue weighted by Gasteiger charge is 2.81. The summed E-state index contributed by atoms with van der Waals surface area (Å²) in [5, 5.41) is 30.1. The van der Waals surface area contributed by atoms with Crippen LogP contribution in [0.15, 0.2) is 0 Å². The summed E-state index contributed by atoms with van der Waals surface area (Å²) in [6.45, 7) is 7.75. The van der Waals surface area contributed by atoms with Gasteiger partial charge >= 0.3 is 0 Å². The van der Waals surface area contributed by atoms with Crippen LogP contribution in [0.5, 0.6) is 0 Å². The first-order valence-corrected chi connectivity index (χ1v) is 7.21. The predicted molar refractivity (Wildman–Crippen MR) is 68.8 cm³/mol. The van der Waals surface area contributed by atoms with E-state index in [9.17, 15) is 15.3 Å². The molecule has 18 heavy (non-hydrogen) atoms. The van der Waals surface area contributed by atoms with E-state index in [-0.39, 0.29) is 5.41 Å². The molecule has 0 aliphatic heterocycles. The normalized spacial score (nSPS) is 52.5. The van der Waals surface area contributed by atoms with E-state index in [0.29, 0.717) is 17.8 Å². The minimum Gasteiger partial charge on any atom is -0.390 e. The van der Waals surface area contributed by atoms with E-state index >= 15 is 0 Å². The number of rotatable bonds is 4. The lowest BCUT2D eigenvalue weighted by Gasteiger charge is -2.39. The average Bonchev–Trinajstić information content (AvgIpc) is 2.62. The SMILES string of the molecule is CC(C)(O)C(O)C(O)CC1(C)C2CC3C(C2)C31C. The van der Waals surface area contributed by atoms with E-state index in [4.69, 9.17) is 0 Å². The number of aliphatic hydroxyl groups excluding tert-OH is 2. The molecule has 3 nitrogen and oxygen atoms in total. The first-order valence-electron chi connectivity index (χ1n) is 7.21. The van der Waals surface area contributed by atoms with Crippen LogP contribution >= 0.6 is 0 Å². The second kappa shape index (κ2) is 3.31. The lowest BCUT2D eigenvalue weighted by atomic mass is 9.69. The largest absolute Gasteiger partial charge is 0.390 e. The van der Waals surface area contributed by atoms with Gasteiger partial charge in [0.05, 0.1) is 11.7 Å². The molecule has 104 valence electrons. The molecule has 0 radical (unpaired) electrons. The van der Waals surface area contributed by atoms with Gasteiger partial charge in [0.25, 0.3) is 0 Å². The first-order chi connectivity index (χ1) is 8.12. The van der Waals surface area contributed by atoms with Crippen molar-refractivity contribution >= 4 is 0 Å². The van der Waals surface area contributed by atoms with Crippen LogP contribution in [0.25, 0.3) is 0 Å². The Labute approximate surface area is 109 Å². The van der Waals surface area contributed by atoms with E-state index in [1.165, 1.54) is 12.8 Å². The maximum atomic E-state index is 10.3. The summed E-state index contributed by atoms with van der Waals surface area (Å²) in [6.07, 6.45) is 1.35. The third-order valence-electron chi connectivity index (χ3n) is 6.85. The third kappa shape index (κ3) is 1.31. The van der Waals surface area contributed by atoms with Crippen LogP contribution < -0.4 is 0 Å². The summed E-state index contributed by atoms with van der Waals surface area (Å²) in [6, 6.07) is 0. The van der Waals surface area contributed by atoms with Gasteiger partial charge in [-0.1, -0.05) is 13.8 Å². The van der Waals surface area contributed by atoms with Crippen molar-refractivity contribution in [1.29, 1.82) is 0 Å². The molecule has 4 rings (SSSR count).